The fourth-order valence-electron chi connectivity index (χ4n) is 9.09. The van der Waals surface area contributed by atoms with Gasteiger partial charge >= 0.3 is 0 Å². The van der Waals surface area contributed by atoms with Crippen LogP contribution in [0.3, 0.4) is 0 Å². The Hall–Kier alpha value is -5.88. The number of hydrogen-bond acceptors (Lipinski definition) is 16. The summed E-state index contributed by atoms with van der Waals surface area (Å²) in [5, 5.41) is 38.3. The van der Waals surface area contributed by atoms with Crippen molar-refractivity contribution in [3.63, 3.8) is 0 Å². The number of nitrogens with zero attached hydrogens (tertiary/aromatic N) is 10. The molecule has 0 aliphatic carbocycles. The standard InChI is InChI=1S/C52H72N14O6S2/c1-9-41(53-7)45(67)55-43(47(69)63-29-21-23-37(63)33-65-49(57-59-61-65)73-39-25-15-13-16-26-39)51(3,4)35-71-31-19-11-12-20-32-72-36-52(5,6)44(56-46(68)42(10-2)54-8)48(70)64-30-22-24-38(64)34-66-50(58-60-62-66)74-40-27-17-14-18-28-40/h13-18,25-28,37-38,41-44,53-54H,9-10,21-24,29-36H2,1-8H3,(H,55,67)(H,56,68)/t37-,38-,41?,42?,43+,44+/m0/s1. The number of aromatic nitrogens is 8. The van der Waals surface area contributed by atoms with Gasteiger partial charge in [0.2, 0.25) is 33.9 Å². The van der Waals surface area contributed by atoms with Crippen LogP contribution in [0, 0.1) is 34.5 Å². The highest BCUT2D eigenvalue weighted by atomic mass is 32.2. The van der Waals surface area contributed by atoms with Crippen molar-refractivity contribution in [3.05, 3.63) is 60.7 Å². The molecule has 2 aliphatic rings. The van der Waals surface area contributed by atoms with Crippen LogP contribution in [0.2, 0.25) is 0 Å². The van der Waals surface area contributed by atoms with E-state index in [1.165, 1.54) is 23.5 Å². The minimum Gasteiger partial charge on any atom is -0.368 e. The number of likely N-dealkylation sites (tertiary alicyclic amines) is 2. The van der Waals surface area contributed by atoms with Crippen LogP contribution in [0.25, 0.3) is 0 Å². The van der Waals surface area contributed by atoms with Crippen molar-refractivity contribution in [1.82, 2.24) is 71.5 Å². The van der Waals surface area contributed by atoms with Crippen LogP contribution in [0.15, 0.2) is 80.8 Å². The van der Waals surface area contributed by atoms with Gasteiger partial charge in [-0.25, -0.2) is 9.36 Å². The molecule has 4 heterocycles. The topological polar surface area (TPSA) is 229 Å². The predicted molar refractivity (Wildman–Crippen MR) is 281 cm³/mol. The molecular weight excluding hydrogens is 981 g/mol. The zero-order valence-electron chi connectivity index (χ0n) is 43.9. The van der Waals surface area contributed by atoms with E-state index in [1.807, 2.05) is 112 Å². The third-order valence-electron chi connectivity index (χ3n) is 13.3. The van der Waals surface area contributed by atoms with Gasteiger partial charge in [0.05, 0.1) is 50.5 Å². The molecular formula is C52H72N14O6S2. The smallest absolute Gasteiger partial charge is 0.246 e. The molecule has 2 fully saturated rings. The second-order valence-electron chi connectivity index (χ2n) is 19.7. The van der Waals surface area contributed by atoms with Gasteiger partial charge in [0, 0.05) is 33.7 Å². The summed E-state index contributed by atoms with van der Waals surface area (Å²) < 4.78 is 15.5. The van der Waals surface area contributed by atoms with Gasteiger partial charge in [-0.15, -0.1) is 10.2 Å². The highest BCUT2D eigenvalue weighted by Gasteiger charge is 2.45. The Morgan fingerprint density at radius 2 is 1.04 bits per heavy atom. The molecule has 2 aromatic heterocycles. The molecule has 2 aliphatic heterocycles. The van der Waals surface area contributed by atoms with Crippen molar-refractivity contribution in [2.24, 2.45) is 10.8 Å². The van der Waals surface area contributed by atoms with Crippen LogP contribution in [0.5, 0.6) is 0 Å². The van der Waals surface area contributed by atoms with Crippen LogP contribution in [0.4, 0.5) is 0 Å². The number of carbonyl (C=O) groups is 4. The SMILES string of the molecule is CCC(NC)C(=O)N[C@H](C(=O)N1CCC[C@H]1Cn1nnnc1Sc1ccccc1)C(C)(C)COCC#CC#CCOCC(C)(C)[C@H](NC(=O)C(CC)NC)C(=O)N1CCC[C@H]1Cn1nnnc1Sc1ccccc1. The van der Waals surface area contributed by atoms with E-state index in [9.17, 15) is 19.2 Å². The van der Waals surface area contributed by atoms with Gasteiger partial charge in [-0.05, 0) is 133 Å². The quantitative estimate of drug-likeness (QED) is 0.0519. The Labute approximate surface area is 443 Å². The van der Waals surface area contributed by atoms with Crippen molar-refractivity contribution < 1.29 is 28.7 Å². The summed E-state index contributed by atoms with van der Waals surface area (Å²) in [6.07, 6.45) is 4.23. The Morgan fingerprint density at radius 3 is 1.41 bits per heavy atom. The number of nitrogens with one attached hydrogen (secondary N) is 4. The lowest BCUT2D eigenvalue weighted by Gasteiger charge is -2.38. The van der Waals surface area contributed by atoms with Gasteiger partial charge in [-0.3, -0.25) is 19.2 Å². The monoisotopic (exact) mass is 1050 g/mol. The molecule has 398 valence electrons. The molecule has 2 aromatic carbocycles. The lowest BCUT2D eigenvalue weighted by molar-refractivity contribution is -0.142. The van der Waals surface area contributed by atoms with E-state index in [0.29, 0.717) is 49.3 Å². The lowest BCUT2D eigenvalue weighted by atomic mass is 9.83. The van der Waals surface area contributed by atoms with Crippen LogP contribution >= 0.6 is 23.5 Å². The van der Waals surface area contributed by atoms with E-state index in [0.717, 1.165) is 35.5 Å². The van der Waals surface area contributed by atoms with Crippen molar-refractivity contribution in [2.75, 3.05) is 53.6 Å². The maximum atomic E-state index is 14.6. The van der Waals surface area contributed by atoms with Crippen LogP contribution in [-0.2, 0) is 41.7 Å². The highest BCUT2D eigenvalue weighted by molar-refractivity contribution is 7.99. The fourth-order valence-corrected chi connectivity index (χ4v) is 10.7. The van der Waals surface area contributed by atoms with E-state index in [2.05, 4.69) is 76.0 Å². The van der Waals surface area contributed by atoms with E-state index in [-0.39, 0.29) is 62.1 Å². The van der Waals surface area contributed by atoms with Crippen molar-refractivity contribution in [2.45, 2.75) is 150 Å². The first-order chi connectivity index (χ1) is 35.7. The van der Waals surface area contributed by atoms with Gasteiger partial charge in [0.15, 0.2) is 0 Å². The summed E-state index contributed by atoms with van der Waals surface area (Å²) >= 11 is 2.92. The maximum Gasteiger partial charge on any atom is 0.246 e. The number of tetrazole rings is 2. The minimum atomic E-state index is -0.898. The largest absolute Gasteiger partial charge is 0.368 e. The number of ether oxygens (including phenoxy) is 2. The molecule has 4 aromatic rings. The van der Waals surface area contributed by atoms with Crippen molar-refractivity contribution >= 4 is 47.2 Å². The molecule has 0 saturated carbocycles. The van der Waals surface area contributed by atoms with Gasteiger partial charge in [0.1, 0.15) is 25.3 Å². The molecule has 0 bridgehead atoms. The summed E-state index contributed by atoms with van der Waals surface area (Å²) in [7, 11) is 3.45. The average Bonchev–Trinajstić information content (AvgIpc) is 4.24. The van der Waals surface area contributed by atoms with E-state index < -0.39 is 35.0 Å². The van der Waals surface area contributed by atoms with Gasteiger partial charge in [0.25, 0.3) is 0 Å². The van der Waals surface area contributed by atoms with Gasteiger partial charge in [-0.1, -0.05) is 89.8 Å². The van der Waals surface area contributed by atoms with Gasteiger partial charge < -0.3 is 40.5 Å². The van der Waals surface area contributed by atoms with Crippen LogP contribution < -0.4 is 21.3 Å². The molecule has 20 nitrogen and oxygen atoms in total. The third kappa shape index (κ3) is 15.8. The number of likely N-dealkylation sites (N-methyl/N-ethyl adjacent to an activating group) is 2. The Morgan fingerprint density at radius 1 is 0.649 bits per heavy atom. The highest BCUT2D eigenvalue weighted by Crippen LogP contribution is 2.32. The van der Waals surface area contributed by atoms with E-state index in [1.54, 1.807) is 23.5 Å². The zero-order chi connectivity index (χ0) is 53.1. The Bertz CT molecular complexity index is 2390. The molecule has 22 heteroatoms. The fraction of sp³-hybridized carbons (Fsp3) is 0.577. The van der Waals surface area contributed by atoms with Crippen molar-refractivity contribution in [1.29, 1.82) is 0 Å². The number of hydrogen-bond donors (Lipinski definition) is 4. The molecule has 2 unspecified atom stereocenters. The Balaban J connectivity index is 1.04. The average molecular weight is 1050 g/mol. The maximum absolute atomic E-state index is 14.6. The van der Waals surface area contributed by atoms with E-state index in [4.69, 9.17) is 9.47 Å². The molecule has 0 radical (unpaired) electrons. The number of rotatable bonds is 26. The lowest BCUT2D eigenvalue weighted by Crippen LogP contribution is -2.60. The minimum absolute atomic E-state index is 0.0371. The first kappa shape index (κ1) is 57.4. The molecule has 74 heavy (non-hydrogen) atoms. The number of carbonyl (C=O) groups excluding carboxylic acids is 4. The first-order valence-corrected chi connectivity index (χ1v) is 27.0. The summed E-state index contributed by atoms with van der Waals surface area (Å²) in [5.74, 6) is 10.6. The zero-order valence-corrected chi connectivity index (χ0v) is 45.5. The van der Waals surface area contributed by atoms with E-state index >= 15 is 0 Å². The molecule has 6 atom stereocenters. The normalized spacial score (nSPS) is 17.4. The van der Waals surface area contributed by atoms with Gasteiger partial charge in [-0.2, -0.15) is 0 Å². The van der Waals surface area contributed by atoms with Crippen molar-refractivity contribution in [3.8, 4) is 23.7 Å². The van der Waals surface area contributed by atoms with Crippen LogP contribution in [-0.4, -0.2) is 164 Å². The number of amides is 4. The third-order valence-corrected chi connectivity index (χ3v) is 15.3. The predicted octanol–water partition coefficient (Wildman–Crippen LogP) is 3.70. The number of benzene rings is 2. The summed E-state index contributed by atoms with van der Waals surface area (Å²) in [6, 6.07) is 16.6. The molecule has 4 N–H and O–H groups in total. The summed E-state index contributed by atoms with van der Waals surface area (Å²) in [4.78, 5) is 61.9. The molecule has 4 amide bonds. The van der Waals surface area contributed by atoms with Crippen LogP contribution in [0.1, 0.15) is 80.1 Å². The summed E-state index contributed by atoms with van der Waals surface area (Å²) in [6.45, 7) is 13.6. The molecule has 0 spiro atoms. The summed E-state index contributed by atoms with van der Waals surface area (Å²) in [5.41, 5.74) is -1.66. The second-order valence-corrected chi connectivity index (χ2v) is 21.8. The molecule has 6 rings (SSSR count). The molecule has 2 saturated heterocycles. The Kier molecular flexibility index (Phi) is 21.8. The first-order valence-electron chi connectivity index (χ1n) is 25.3. The second kappa shape index (κ2) is 28.1.